The van der Waals surface area contributed by atoms with Crippen LogP contribution in [0.25, 0.3) is 0 Å². The number of hydrogen-bond donors (Lipinski definition) is 1. The molecule has 0 fully saturated rings. The van der Waals surface area contributed by atoms with Gasteiger partial charge in [-0.1, -0.05) is 24.3 Å². The SMILES string of the molecule is CNC(COc1ccccc1)c1c(C)cc(C)cc1F. The lowest BCUT2D eigenvalue weighted by Crippen LogP contribution is -2.25. The molecule has 0 radical (unpaired) electrons. The highest BCUT2D eigenvalue weighted by Gasteiger charge is 2.17. The summed E-state index contributed by atoms with van der Waals surface area (Å²) in [5.41, 5.74) is 2.55. The van der Waals surface area contributed by atoms with Gasteiger partial charge in [-0.05, 0) is 50.2 Å². The summed E-state index contributed by atoms with van der Waals surface area (Å²) in [6.07, 6.45) is 0. The fourth-order valence-corrected chi connectivity index (χ4v) is 2.38. The number of ether oxygens (including phenoxy) is 1. The molecule has 1 N–H and O–H groups in total. The van der Waals surface area contributed by atoms with Crippen molar-refractivity contribution in [2.45, 2.75) is 19.9 Å². The summed E-state index contributed by atoms with van der Waals surface area (Å²) in [5, 5.41) is 3.12. The molecular weight excluding hydrogens is 253 g/mol. The van der Waals surface area contributed by atoms with Gasteiger partial charge in [-0.15, -0.1) is 0 Å². The van der Waals surface area contributed by atoms with Gasteiger partial charge < -0.3 is 10.1 Å². The van der Waals surface area contributed by atoms with Crippen molar-refractivity contribution < 1.29 is 9.13 Å². The van der Waals surface area contributed by atoms with Gasteiger partial charge in [0.25, 0.3) is 0 Å². The summed E-state index contributed by atoms with van der Waals surface area (Å²) in [6.45, 7) is 4.22. The van der Waals surface area contributed by atoms with Crippen LogP contribution in [0, 0.1) is 19.7 Å². The van der Waals surface area contributed by atoms with Gasteiger partial charge >= 0.3 is 0 Å². The molecule has 0 aliphatic rings. The first kappa shape index (κ1) is 14.5. The molecule has 0 bridgehead atoms. The van der Waals surface area contributed by atoms with Crippen LogP contribution in [0.3, 0.4) is 0 Å². The predicted molar refractivity (Wildman–Crippen MR) is 79.6 cm³/mol. The second-order valence-electron chi connectivity index (χ2n) is 4.94. The number of para-hydroxylation sites is 1. The molecule has 0 aliphatic heterocycles. The largest absolute Gasteiger partial charge is 0.492 e. The van der Waals surface area contributed by atoms with Gasteiger partial charge in [0.1, 0.15) is 18.2 Å². The summed E-state index contributed by atoms with van der Waals surface area (Å²) < 4.78 is 19.9. The topological polar surface area (TPSA) is 21.3 Å². The Hall–Kier alpha value is -1.87. The van der Waals surface area contributed by atoms with E-state index >= 15 is 0 Å². The molecule has 3 heteroatoms. The van der Waals surface area contributed by atoms with Crippen molar-refractivity contribution in [1.82, 2.24) is 5.32 Å². The average molecular weight is 273 g/mol. The monoisotopic (exact) mass is 273 g/mol. The normalized spacial score (nSPS) is 12.2. The van der Waals surface area contributed by atoms with Crippen LogP contribution >= 0.6 is 0 Å². The number of nitrogens with one attached hydrogen (secondary N) is 1. The number of halogens is 1. The van der Waals surface area contributed by atoms with Crippen LogP contribution < -0.4 is 10.1 Å². The van der Waals surface area contributed by atoms with Crippen molar-refractivity contribution in [3.8, 4) is 5.75 Å². The fourth-order valence-electron chi connectivity index (χ4n) is 2.38. The summed E-state index contributed by atoms with van der Waals surface area (Å²) in [6, 6.07) is 12.9. The lowest BCUT2D eigenvalue weighted by molar-refractivity contribution is 0.269. The molecular formula is C17H20FNO. The van der Waals surface area contributed by atoms with Crippen LogP contribution in [-0.2, 0) is 0 Å². The van der Waals surface area contributed by atoms with Crippen LogP contribution in [0.5, 0.6) is 5.75 Å². The number of benzene rings is 2. The molecule has 0 aliphatic carbocycles. The first-order chi connectivity index (χ1) is 9.61. The lowest BCUT2D eigenvalue weighted by atomic mass is 9.99. The standard InChI is InChI=1S/C17H20FNO/c1-12-9-13(2)17(15(18)10-12)16(19-3)11-20-14-7-5-4-6-8-14/h4-10,16,19H,11H2,1-3H3. The van der Waals surface area contributed by atoms with Gasteiger partial charge in [0.15, 0.2) is 0 Å². The molecule has 2 nitrogen and oxygen atoms in total. The summed E-state index contributed by atoms with van der Waals surface area (Å²) in [5.74, 6) is 0.608. The molecule has 0 heterocycles. The minimum Gasteiger partial charge on any atom is -0.492 e. The minimum absolute atomic E-state index is 0.171. The molecule has 1 unspecified atom stereocenters. The van der Waals surface area contributed by atoms with Crippen molar-refractivity contribution in [2.24, 2.45) is 0 Å². The van der Waals surface area contributed by atoms with Crippen LogP contribution in [-0.4, -0.2) is 13.7 Å². The smallest absolute Gasteiger partial charge is 0.128 e. The summed E-state index contributed by atoms with van der Waals surface area (Å²) in [4.78, 5) is 0. The van der Waals surface area contributed by atoms with Gasteiger partial charge in [-0.25, -0.2) is 4.39 Å². The molecule has 1 atom stereocenters. The van der Waals surface area contributed by atoms with Crippen molar-refractivity contribution in [2.75, 3.05) is 13.7 Å². The van der Waals surface area contributed by atoms with E-state index in [2.05, 4.69) is 5.32 Å². The van der Waals surface area contributed by atoms with Crippen molar-refractivity contribution in [1.29, 1.82) is 0 Å². The maximum atomic E-state index is 14.2. The van der Waals surface area contributed by atoms with Crippen molar-refractivity contribution in [3.05, 3.63) is 65.0 Å². The molecule has 20 heavy (non-hydrogen) atoms. The molecule has 0 spiro atoms. The second-order valence-corrected chi connectivity index (χ2v) is 4.94. The van der Waals surface area contributed by atoms with Gasteiger partial charge in [0.05, 0.1) is 6.04 Å². The maximum absolute atomic E-state index is 14.2. The highest BCUT2D eigenvalue weighted by Crippen LogP contribution is 2.23. The van der Waals surface area contributed by atoms with E-state index < -0.39 is 0 Å². The molecule has 0 amide bonds. The van der Waals surface area contributed by atoms with Crippen LogP contribution in [0.2, 0.25) is 0 Å². The van der Waals surface area contributed by atoms with Crippen LogP contribution in [0.15, 0.2) is 42.5 Å². The molecule has 0 saturated heterocycles. The predicted octanol–water partition coefficient (Wildman–Crippen LogP) is 3.78. The van der Waals surface area contributed by atoms with Gasteiger partial charge in [0, 0.05) is 5.56 Å². The summed E-state index contributed by atoms with van der Waals surface area (Å²) in [7, 11) is 1.82. The minimum atomic E-state index is -0.182. The molecule has 0 saturated carbocycles. The van der Waals surface area contributed by atoms with Crippen molar-refractivity contribution >= 4 is 0 Å². The Kier molecular flexibility index (Phi) is 4.74. The molecule has 2 rings (SSSR count). The van der Waals surface area contributed by atoms with Gasteiger partial charge in [-0.2, -0.15) is 0 Å². The van der Waals surface area contributed by atoms with E-state index in [1.54, 1.807) is 6.07 Å². The Morgan fingerprint density at radius 2 is 1.85 bits per heavy atom. The Morgan fingerprint density at radius 1 is 1.15 bits per heavy atom. The maximum Gasteiger partial charge on any atom is 0.128 e. The zero-order valence-corrected chi connectivity index (χ0v) is 12.1. The quantitative estimate of drug-likeness (QED) is 0.895. The van der Waals surface area contributed by atoms with Crippen LogP contribution in [0.4, 0.5) is 4.39 Å². The third kappa shape index (κ3) is 3.36. The van der Waals surface area contributed by atoms with E-state index in [9.17, 15) is 4.39 Å². The molecule has 106 valence electrons. The van der Waals surface area contributed by atoms with E-state index in [4.69, 9.17) is 4.74 Å². The van der Waals surface area contributed by atoms with E-state index in [-0.39, 0.29) is 11.9 Å². The van der Waals surface area contributed by atoms with E-state index in [0.717, 1.165) is 16.9 Å². The second kappa shape index (κ2) is 6.53. The zero-order chi connectivity index (χ0) is 14.5. The number of rotatable bonds is 5. The third-order valence-corrected chi connectivity index (χ3v) is 3.34. The number of hydrogen-bond acceptors (Lipinski definition) is 2. The van der Waals surface area contributed by atoms with Gasteiger partial charge in [0.2, 0.25) is 0 Å². The van der Waals surface area contributed by atoms with Gasteiger partial charge in [-0.3, -0.25) is 0 Å². The lowest BCUT2D eigenvalue weighted by Gasteiger charge is -2.20. The number of aryl methyl sites for hydroxylation is 2. The molecule has 2 aromatic carbocycles. The van der Waals surface area contributed by atoms with Crippen molar-refractivity contribution in [3.63, 3.8) is 0 Å². The Balaban J connectivity index is 2.17. The average Bonchev–Trinajstić information content (AvgIpc) is 2.42. The first-order valence-corrected chi connectivity index (χ1v) is 6.73. The highest BCUT2D eigenvalue weighted by atomic mass is 19.1. The van der Waals surface area contributed by atoms with Crippen LogP contribution in [0.1, 0.15) is 22.7 Å². The third-order valence-electron chi connectivity index (χ3n) is 3.34. The Morgan fingerprint density at radius 3 is 2.45 bits per heavy atom. The zero-order valence-electron chi connectivity index (χ0n) is 12.1. The van der Waals surface area contributed by atoms with E-state index in [1.807, 2.05) is 57.3 Å². The Bertz CT molecular complexity index is 545. The highest BCUT2D eigenvalue weighted by molar-refractivity contribution is 5.34. The Labute approximate surface area is 119 Å². The number of likely N-dealkylation sites (N-methyl/N-ethyl adjacent to an activating group) is 1. The molecule has 0 aromatic heterocycles. The van der Waals surface area contributed by atoms with E-state index in [0.29, 0.717) is 12.2 Å². The first-order valence-electron chi connectivity index (χ1n) is 6.73. The van der Waals surface area contributed by atoms with E-state index in [1.165, 1.54) is 0 Å². The summed E-state index contributed by atoms with van der Waals surface area (Å²) >= 11 is 0. The fraction of sp³-hybridized carbons (Fsp3) is 0.294. The molecule has 2 aromatic rings.